The van der Waals surface area contributed by atoms with Gasteiger partial charge >= 0.3 is 0 Å². The Labute approximate surface area is 171 Å². The molecule has 0 radical (unpaired) electrons. The van der Waals surface area contributed by atoms with E-state index >= 15 is 0 Å². The monoisotopic (exact) mass is 394 g/mol. The van der Waals surface area contributed by atoms with Crippen molar-refractivity contribution in [2.45, 2.75) is 50.6 Å². The van der Waals surface area contributed by atoms with Gasteiger partial charge in [-0.1, -0.05) is 17.7 Å². The van der Waals surface area contributed by atoms with E-state index in [1.165, 1.54) is 16.6 Å². The summed E-state index contributed by atoms with van der Waals surface area (Å²) < 4.78 is 0. The Morgan fingerprint density at radius 1 is 1.07 bits per heavy atom. The lowest BCUT2D eigenvalue weighted by Crippen LogP contribution is -2.41. The summed E-state index contributed by atoms with van der Waals surface area (Å²) in [4.78, 5) is 11.4. The first-order valence-corrected chi connectivity index (χ1v) is 10.5. The molecule has 1 aliphatic carbocycles. The molecule has 1 aliphatic rings. The molecule has 1 aromatic carbocycles. The summed E-state index contributed by atoms with van der Waals surface area (Å²) in [5.41, 5.74) is 9.67. The molecule has 4 nitrogen and oxygen atoms in total. The van der Waals surface area contributed by atoms with Gasteiger partial charge in [0, 0.05) is 53.3 Å². The standard InChI is InChI=1S/C23H27ClN4/c24-18-5-10-21-22(15-18)27-13-11-23(21)28(20-8-6-19(25)7-9-20)14-2-4-17-3-1-12-26-16-17/h1,3,5,10-13,15-16,19-20H,2,4,6-9,14,25H2. The lowest BCUT2D eigenvalue weighted by atomic mass is 9.90. The molecule has 0 aliphatic heterocycles. The molecule has 0 spiro atoms. The van der Waals surface area contributed by atoms with E-state index in [1.807, 2.05) is 36.8 Å². The number of aromatic nitrogens is 2. The number of hydrogen-bond donors (Lipinski definition) is 1. The topological polar surface area (TPSA) is 55.0 Å². The number of rotatable bonds is 6. The number of aryl methyl sites for hydroxylation is 1. The molecule has 3 aromatic rings. The van der Waals surface area contributed by atoms with Crippen LogP contribution in [0, 0.1) is 0 Å². The maximum atomic E-state index is 6.19. The summed E-state index contributed by atoms with van der Waals surface area (Å²) in [5.74, 6) is 0. The Hall–Kier alpha value is -2.17. The smallest absolute Gasteiger partial charge is 0.0737 e. The molecule has 1 fully saturated rings. The van der Waals surface area contributed by atoms with Crippen molar-refractivity contribution in [3.8, 4) is 0 Å². The highest BCUT2D eigenvalue weighted by atomic mass is 35.5. The van der Waals surface area contributed by atoms with E-state index in [9.17, 15) is 0 Å². The summed E-state index contributed by atoms with van der Waals surface area (Å²) >= 11 is 6.19. The molecular formula is C23H27ClN4. The van der Waals surface area contributed by atoms with Crippen LogP contribution in [0.15, 0.2) is 55.0 Å². The average molecular weight is 395 g/mol. The second kappa shape index (κ2) is 8.89. The highest BCUT2D eigenvalue weighted by Gasteiger charge is 2.25. The molecule has 0 bridgehead atoms. The van der Waals surface area contributed by atoms with Gasteiger partial charge in [-0.2, -0.15) is 0 Å². The van der Waals surface area contributed by atoms with Crippen molar-refractivity contribution in [3.05, 3.63) is 65.6 Å². The average Bonchev–Trinajstić information content (AvgIpc) is 2.72. The van der Waals surface area contributed by atoms with Crippen LogP contribution in [-0.2, 0) is 6.42 Å². The van der Waals surface area contributed by atoms with Gasteiger partial charge in [-0.05, 0) is 74.4 Å². The van der Waals surface area contributed by atoms with Gasteiger partial charge in [0.15, 0.2) is 0 Å². The van der Waals surface area contributed by atoms with Gasteiger partial charge < -0.3 is 10.6 Å². The SMILES string of the molecule is NC1CCC(N(CCCc2cccnc2)c2ccnc3cc(Cl)ccc23)CC1. The van der Waals surface area contributed by atoms with Crippen molar-refractivity contribution in [1.29, 1.82) is 0 Å². The van der Waals surface area contributed by atoms with Crippen molar-refractivity contribution in [3.63, 3.8) is 0 Å². The van der Waals surface area contributed by atoms with Crippen LogP contribution in [0.1, 0.15) is 37.7 Å². The first-order valence-electron chi connectivity index (χ1n) is 10.2. The minimum absolute atomic E-state index is 0.349. The lowest BCUT2D eigenvalue weighted by molar-refractivity contribution is 0.375. The van der Waals surface area contributed by atoms with Crippen LogP contribution in [0.25, 0.3) is 10.9 Å². The number of benzene rings is 1. The van der Waals surface area contributed by atoms with E-state index in [0.717, 1.165) is 55.6 Å². The van der Waals surface area contributed by atoms with E-state index in [1.54, 1.807) is 0 Å². The fourth-order valence-corrected chi connectivity index (χ4v) is 4.44. The predicted molar refractivity (Wildman–Crippen MR) is 117 cm³/mol. The van der Waals surface area contributed by atoms with Crippen molar-refractivity contribution in [1.82, 2.24) is 9.97 Å². The number of nitrogens with two attached hydrogens (primary N) is 1. The normalized spacial score (nSPS) is 19.6. The largest absolute Gasteiger partial charge is 0.368 e. The van der Waals surface area contributed by atoms with Gasteiger partial charge in [0.25, 0.3) is 0 Å². The Morgan fingerprint density at radius 3 is 2.71 bits per heavy atom. The number of anilines is 1. The molecule has 1 saturated carbocycles. The summed E-state index contributed by atoms with van der Waals surface area (Å²) in [6.45, 7) is 1.01. The summed E-state index contributed by atoms with van der Waals surface area (Å²) in [5, 5.41) is 1.90. The van der Waals surface area contributed by atoms with Crippen LogP contribution < -0.4 is 10.6 Å². The highest BCUT2D eigenvalue weighted by molar-refractivity contribution is 6.31. The minimum Gasteiger partial charge on any atom is -0.368 e. The quantitative estimate of drug-likeness (QED) is 0.639. The summed E-state index contributed by atoms with van der Waals surface area (Å²) in [6.07, 6.45) is 12.3. The maximum Gasteiger partial charge on any atom is 0.0737 e. The highest BCUT2D eigenvalue weighted by Crippen LogP contribution is 2.33. The van der Waals surface area contributed by atoms with Gasteiger partial charge in [-0.25, -0.2) is 0 Å². The maximum absolute atomic E-state index is 6.19. The molecule has 0 saturated heterocycles. The van der Waals surface area contributed by atoms with Crippen molar-refractivity contribution in [2.24, 2.45) is 5.73 Å². The van der Waals surface area contributed by atoms with Crippen LogP contribution >= 0.6 is 11.6 Å². The number of nitrogens with zero attached hydrogens (tertiary/aromatic N) is 3. The van der Waals surface area contributed by atoms with Crippen LogP contribution in [-0.4, -0.2) is 28.6 Å². The third-order valence-electron chi connectivity index (χ3n) is 5.76. The zero-order valence-corrected chi connectivity index (χ0v) is 16.9. The zero-order chi connectivity index (χ0) is 19.3. The van der Waals surface area contributed by atoms with Gasteiger partial charge in [0.2, 0.25) is 0 Å². The van der Waals surface area contributed by atoms with E-state index in [4.69, 9.17) is 17.3 Å². The molecule has 146 valence electrons. The molecule has 28 heavy (non-hydrogen) atoms. The van der Waals surface area contributed by atoms with Crippen molar-refractivity contribution in [2.75, 3.05) is 11.4 Å². The van der Waals surface area contributed by atoms with Gasteiger partial charge in [-0.3, -0.25) is 9.97 Å². The number of hydrogen-bond acceptors (Lipinski definition) is 4. The fourth-order valence-electron chi connectivity index (χ4n) is 4.27. The molecule has 5 heteroatoms. The first-order chi connectivity index (χ1) is 13.7. The number of fused-ring (bicyclic) bond motifs is 1. The molecular weight excluding hydrogens is 368 g/mol. The predicted octanol–water partition coefficient (Wildman–Crippen LogP) is 4.99. The van der Waals surface area contributed by atoms with Crippen LogP contribution in [0.2, 0.25) is 5.02 Å². The second-order valence-electron chi connectivity index (χ2n) is 7.72. The van der Waals surface area contributed by atoms with Crippen LogP contribution in [0.4, 0.5) is 5.69 Å². The lowest BCUT2D eigenvalue weighted by Gasteiger charge is -2.38. The molecule has 0 amide bonds. The molecule has 2 N–H and O–H groups in total. The van der Waals surface area contributed by atoms with Crippen molar-refractivity contribution < 1.29 is 0 Å². The molecule has 0 unspecified atom stereocenters. The number of pyridine rings is 2. The Balaban J connectivity index is 1.59. The second-order valence-corrected chi connectivity index (χ2v) is 8.15. The Kier molecular flexibility index (Phi) is 6.08. The van der Waals surface area contributed by atoms with Gasteiger partial charge in [0.05, 0.1) is 5.52 Å². The first kappa shape index (κ1) is 19.2. The third-order valence-corrected chi connectivity index (χ3v) is 6.00. The minimum atomic E-state index is 0.349. The summed E-state index contributed by atoms with van der Waals surface area (Å²) in [6, 6.07) is 13.2. The van der Waals surface area contributed by atoms with Gasteiger partial charge in [0.1, 0.15) is 0 Å². The Morgan fingerprint density at radius 2 is 1.93 bits per heavy atom. The Bertz CT molecular complexity index is 907. The molecule has 4 rings (SSSR count). The van der Waals surface area contributed by atoms with E-state index < -0.39 is 0 Å². The summed E-state index contributed by atoms with van der Waals surface area (Å²) in [7, 11) is 0. The van der Waals surface area contributed by atoms with Crippen LogP contribution in [0.5, 0.6) is 0 Å². The molecule has 2 aromatic heterocycles. The van der Waals surface area contributed by atoms with E-state index in [-0.39, 0.29) is 0 Å². The molecule has 0 atom stereocenters. The zero-order valence-electron chi connectivity index (χ0n) is 16.1. The van der Waals surface area contributed by atoms with E-state index in [0.29, 0.717) is 12.1 Å². The van der Waals surface area contributed by atoms with Crippen LogP contribution in [0.3, 0.4) is 0 Å². The van der Waals surface area contributed by atoms with Gasteiger partial charge in [-0.15, -0.1) is 0 Å². The van der Waals surface area contributed by atoms with E-state index in [2.05, 4.69) is 33.1 Å². The number of halogens is 1. The third kappa shape index (κ3) is 4.45. The van der Waals surface area contributed by atoms with Crippen molar-refractivity contribution >= 4 is 28.2 Å². The molecule has 2 heterocycles. The fraction of sp³-hybridized carbons (Fsp3) is 0.391.